The van der Waals surface area contributed by atoms with Gasteiger partial charge in [0.2, 0.25) is 0 Å². The van der Waals surface area contributed by atoms with Crippen LogP contribution in [0.3, 0.4) is 0 Å². The average molecular weight is 404 g/mol. The SMILES string of the molecule is c1ccc2c(c1)nc1n2-c2cc(-c3cccc4c3sc3ccccc34)ccc2CO1. The average Bonchev–Trinajstić information content (AvgIpc) is 3.37. The van der Waals surface area contributed by atoms with E-state index >= 15 is 0 Å². The molecule has 30 heavy (non-hydrogen) atoms. The molecule has 4 heteroatoms. The van der Waals surface area contributed by atoms with Crippen LogP contribution in [0.2, 0.25) is 0 Å². The molecule has 6 aromatic rings. The minimum absolute atomic E-state index is 0.548. The van der Waals surface area contributed by atoms with E-state index in [9.17, 15) is 0 Å². The van der Waals surface area contributed by atoms with Crippen LogP contribution in [-0.2, 0) is 6.61 Å². The molecule has 0 unspecified atom stereocenters. The van der Waals surface area contributed by atoms with Gasteiger partial charge in [-0.1, -0.05) is 60.7 Å². The molecule has 0 aliphatic carbocycles. The van der Waals surface area contributed by atoms with Gasteiger partial charge >= 0.3 is 6.01 Å². The number of hydrogen-bond donors (Lipinski definition) is 0. The van der Waals surface area contributed by atoms with Crippen molar-refractivity contribution < 1.29 is 4.74 Å². The molecule has 3 heterocycles. The lowest BCUT2D eigenvalue weighted by Crippen LogP contribution is -2.12. The Balaban J connectivity index is 1.50. The number of ether oxygens (including phenoxy) is 1. The van der Waals surface area contributed by atoms with Crippen LogP contribution < -0.4 is 4.74 Å². The second-order valence-corrected chi connectivity index (χ2v) is 8.68. The van der Waals surface area contributed by atoms with Gasteiger partial charge in [-0.2, -0.15) is 4.98 Å². The van der Waals surface area contributed by atoms with Crippen LogP contribution >= 0.6 is 11.3 Å². The largest absolute Gasteiger partial charge is 0.459 e. The summed E-state index contributed by atoms with van der Waals surface area (Å²) in [5, 5.41) is 2.65. The molecule has 1 aliphatic rings. The van der Waals surface area contributed by atoms with E-state index in [4.69, 9.17) is 4.74 Å². The number of nitrogens with zero attached hydrogens (tertiary/aromatic N) is 2. The van der Waals surface area contributed by atoms with Crippen molar-refractivity contribution >= 4 is 42.5 Å². The standard InChI is InChI=1S/C26H16N2OS/c1-4-11-24-19(6-1)20-8-5-7-18(25(20)30-24)16-12-13-17-15-29-26-27-21-9-2-3-10-22(21)28(26)23(17)14-16/h1-14H,15H2. The molecule has 3 nitrogen and oxygen atoms in total. The maximum atomic E-state index is 5.94. The molecule has 0 radical (unpaired) electrons. The van der Waals surface area contributed by atoms with Crippen LogP contribution in [0.5, 0.6) is 6.01 Å². The molecule has 0 bridgehead atoms. The van der Waals surface area contributed by atoms with Crippen molar-refractivity contribution in [2.75, 3.05) is 0 Å². The third kappa shape index (κ3) is 2.17. The third-order valence-corrected chi connectivity index (χ3v) is 7.15. The van der Waals surface area contributed by atoms with E-state index in [1.165, 1.54) is 36.9 Å². The summed E-state index contributed by atoms with van der Waals surface area (Å²) < 4.78 is 10.7. The molecule has 2 aromatic heterocycles. The van der Waals surface area contributed by atoms with Crippen LogP contribution in [-0.4, -0.2) is 9.55 Å². The van der Waals surface area contributed by atoms with Crippen molar-refractivity contribution in [1.82, 2.24) is 9.55 Å². The van der Waals surface area contributed by atoms with Crippen molar-refractivity contribution in [3.8, 4) is 22.8 Å². The van der Waals surface area contributed by atoms with Gasteiger partial charge in [0, 0.05) is 25.7 Å². The predicted molar refractivity (Wildman–Crippen MR) is 124 cm³/mol. The lowest BCUT2D eigenvalue weighted by molar-refractivity contribution is 0.266. The Morgan fingerprint density at radius 3 is 2.70 bits per heavy atom. The fourth-order valence-corrected chi connectivity index (χ4v) is 5.75. The van der Waals surface area contributed by atoms with Crippen molar-refractivity contribution in [3.63, 3.8) is 0 Å². The van der Waals surface area contributed by atoms with Gasteiger partial charge in [0.15, 0.2) is 0 Å². The predicted octanol–water partition coefficient (Wildman–Crippen LogP) is 6.95. The Bertz CT molecular complexity index is 1610. The van der Waals surface area contributed by atoms with E-state index in [2.05, 4.69) is 76.3 Å². The second-order valence-electron chi connectivity index (χ2n) is 7.63. The Morgan fingerprint density at radius 2 is 1.70 bits per heavy atom. The summed E-state index contributed by atoms with van der Waals surface area (Å²) in [6.45, 7) is 0.548. The van der Waals surface area contributed by atoms with E-state index in [1.54, 1.807) is 0 Å². The maximum Gasteiger partial charge on any atom is 0.302 e. The highest BCUT2D eigenvalue weighted by molar-refractivity contribution is 7.26. The van der Waals surface area contributed by atoms with Crippen LogP contribution in [0.15, 0.2) is 84.9 Å². The smallest absolute Gasteiger partial charge is 0.302 e. The number of fused-ring (bicyclic) bond motifs is 8. The number of aromatic nitrogens is 2. The first-order valence-corrected chi connectivity index (χ1v) is 10.8. The second kappa shape index (κ2) is 5.94. The first kappa shape index (κ1) is 16.2. The van der Waals surface area contributed by atoms with Gasteiger partial charge in [0.25, 0.3) is 0 Å². The minimum atomic E-state index is 0.548. The lowest BCUT2D eigenvalue weighted by Gasteiger charge is -2.20. The van der Waals surface area contributed by atoms with Gasteiger partial charge in [-0.25, -0.2) is 0 Å². The number of hydrogen-bond acceptors (Lipinski definition) is 3. The first-order valence-electron chi connectivity index (χ1n) is 10.0. The molecule has 0 amide bonds. The summed E-state index contributed by atoms with van der Waals surface area (Å²) in [4.78, 5) is 4.68. The Morgan fingerprint density at radius 1 is 0.833 bits per heavy atom. The van der Waals surface area contributed by atoms with E-state index in [1.807, 2.05) is 29.5 Å². The van der Waals surface area contributed by atoms with Gasteiger partial charge in [-0.3, -0.25) is 4.57 Å². The molecule has 0 saturated carbocycles. The molecule has 142 valence electrons. The van der Waals surface area contributed by atoms with Crippen LogP contribution in [0.1, 0.15) is 5.56 Å². The van der Waals surface area contributed by atoms with E-state index in [0.29, 0.717) is 12.6 Å². The summed E-state index contributed by atoms with van der Waals surface area (Å²) in [6.07, 6.45) is 0. The van der Waals surface area contributed by atoms with Crippen molar-refractivity contribution in [2.24, 2.45) is 0 Å². The van der Waals surface area contributed by atoms with Gasteiger partial charge in [-0.15, -0.1) is 11.3 Å². The van der Waals surface area contributed by atoms with Gasteiger partial charge in [-0.05, 0) is 35.4 Å². The fourth-order valence-electron chi connectivity index (χ4n) is 4.51. The van der Waals surface area contributed by atoms with Crippen LogP contribution in [0.4, 0.5) is 0 Å². The Hall–Kier alpha value is -3.63. The quantitative estimate of drug-likeness (QED) is 0.296. The topological polar surface area (TPSA) is 27.1 Å². The molecule has 0 spiro atoms. The van der Waals surface area contributed by atoms with Gasteiger partial charge < -0.3 is 4.74 Å². The Labute approximate surface area is 176 Å². The highest BCUT2D eigenvalue weighted by atomic mass is 32.1. The first-order chi connectivity index (χ1) is 14.9. The molecule has 4 aromatic carbocycles. The molecule has 0 saturated heterocycles. The summed E-state index contributed by atoms with van der Waals surface area (Å²) >= 11 is 1.87. The summed E-state index contributed by atoms with van der Waals surface area (Å²) in [7, 11) is 0. The highest BCUT2D eigenvalue weighted by Crippen LogP contribution is 2.41. The fraction of sp³-hybridized carbons (Fsp3) is 0.0385. The summed E-state index contributed by atoms with van der Waals surface area (Å²) in [5.74, 6) is 0. The molecule has 0 N–H and O–H groups in total. The normalized spacial score (nSPS) is 12.8. The Kier molecular flexibility index (Phi) is 3.21. The number of thiophene rings is 1. The zero-order valence-corrected chi connectivity index (χ0v) is 16.8. The zero-order valence-electron chi connectivity index (χ0n) is 16.0. The van der Waals surface area contributed by atoms with Crippen molar-refractivity contribution in [1.29, 1.82) is 0 Å². The highest BCUT2D eigenvalue weighted by Gasteiger charge is 2.22. The lowest BCUT2D eigenvalue weighted by atomic mass is 10.00. The molecular weight excluding hydrogens is 388 g/mol. The molecule has 7 rings (SSSR count). The van der Waals surface area contributed by atoms with Crippen molar-refractivity contribution in [2.45, 2.75) is 6.61 Å². The molecular formula is C26H16N2OS. The summed E-state index contributed by atoms with van der Waals surface area (Å²) in [6, 6.07) is 30.8. The van der Waals surface area contributed by atoms with E-state index in [-0.39, 0.29) is 0 Å². The molecule has 0 atom stereocenters. The molecule has 1 aliphatic heterocycles. The van der Waals surface area contributed by atoms with E-state index in [0.717, 1.165) is 16.7 Å². The van der Waals surface area contributed by atoms with Crippen LogP contribution in [0, 0.1) is 0 Å². The molecule has 0 fully saturated rings. The van der Waals surface area contributed by atoms with Gasteiger partial charge in [0.05, 0.1) is 16.7 Å². The maximum absolute atomic E-state index is 5.94. The third-order valence-electron chi connectivity index (χ3n) is 5.93. The van der Waals surface area contributed by atoms with Crippen LogP contribution in [0.25, 0.3) is 48.0 Å². The zero-order chi connectivity index (χ0) is 19.7. The summed E-state index contributed by atoms with van der Waals surface area (Å²) in [5.41, 5.74) is 6.85. The number of rotatable bonds is 1. The van der Waals surface area contributed by atoms with Gasteiger partial charge in [0.1, 0.15) is 6.61 Å². The van der Waals surface area contributed by atoms with E-state index < -0.39 is 0 Å². The number of para-hydroxylation sites is 2. The monoisotopic (exact) mass is 404 g/mol. The van der Waals surface area contributed by atoms with Crippen molar-refractivity contribution in [3.05, 3.63) is 90.5 Å². The number of benzene rings is 4. The number of imidazole rings is 1. The minimum Gasteiger partial charge on any atom is -0.459 e.